The van der Waals surface area contributed by atoms with Gasteiger partial charge < -0.3 is 21.0 Å². The van der Waals surface area contributed by atoms with Gasteiger partial charge in [0.25, 0.3) is 0 Å². The lowest BCUT2D eigenvalue weighted by Crippen LogP contribution is -2.32. The summed E-state index contributed by atoms with van der Waals surface area (Å²) in [4.78, 5) is 11.5. The SMILES string of the molecule is NC(CCCNC(=O)C1CCOC1)=NO. The molecule has 1 saturated heterocycles. The van der Waals surface area contributed by atoms with Gasteiger partial charge in [0, 0.05) is 19.6 Å². The largest absolute Gasteiger partial charge is 0.409 e. The van der Waals surface area contributed by atoms with E-state index < -0.39 is 0 Å². The van der Waals surface area contributed by atoms with Gasteiger partial charge in [0.1, 0.15) is 5.84 Å². The van der Waals surface area contributed by atoms with Gasteiger partial charge in [0.15, 0.2) is 0 Å². The molecule has 0 aromatic heterocycles. The van der Waals surface area contributed by atoms with Crippen molar-refractivity contribution >= 4 is 11.7 Å². The molecule has 1 aliphatic rings. The summed E-state index contributed by atoms with van der Waals surface area (Å²) >= 11 is 0. The van der Waals surface area contributed by atoms with E-state index in [-0.39, 0.29) is 17.7 Å². The fourth-order valence-electron chi connectivity index (χ4n) is 1.42. The first-order valence-corrected chi connectivity index (χ1v) is 5.06. The molecular weight excluding hydrogens is 198 g/mol. The number of oxime groups is 1. The first-order chi connectivity index (χ1) is 7.24. The van der Waals surface area contributed by atoms with Crippen molar-refractivity contribution in [2.45, 2.75) is 19.3 Å². The van der Waals surface area contributed by atoms with Gasteiger partial charge in [0.2, 0.25) is 5.91 Å². The molecule has 0 aromatic rings. The number of amides is 1. The second-order valence-electron chi connectivity index (χ2n) is 3.55. The van der Waals surface area contributed by atoms with Crippen molar-refractivity contribution in [1.29, 1.82) is 0 Å². The maximum atomic E-state index is 11.5. The molecule has 1 aliphatic heterocycles. The Morgan fingerprint density at radius 2 is 2.47 bits per heavy atom. The van der Waals surface area contributed by atoms with Crippen LogP contribution in [0.4, 0.5) is 0 Å². The number of carbonyl (C=O) groups excluding carboxylic acids is 1. The van der Waals surface area contributed by atoms with E-state index in [0.29, 0.717) is 32.6 Å². The van der Waals surface area contributed by atoms with E-state index in [9.17, 15) is 4.79 Å². The molecule has 1 heterocycles. The van der Waals surface area contributed by atoms with Crippen LogP contribution in [0.5, 0.6) is 0 Å². The molecule has 0 radical (unpaired) electrons. The van der Waals surface area contributed by atoms with Gasteiger partial charge in [-0.15, -0.1) is 0 Å². The lowest BCUT2D eigenvalue weighted by molar-refractivity contribution is -0.124. The van der Waals surface area contributed by atoms with Crippen LogP contribution < -0.4 is 11.1 Å². The maximum Gasteiger partial charge on any atom is 0.225 e. The average Bonchev–Trinajstić information content (AvgIpc) is 2.77. The molecule has 1 atom stereocenters. The predicted molar refractivity (Wildman–Crippen MR) is 54.6 cm³/mol. The fourth-order valence-corrected chi connectivity index (χ4v) is 1.42. The standard InChI is InChI=1S/C9H17N3O3/c10-8(12-14)2-1-4-11-9(13)7-3-5-15-6-7/h7,14H,1-6H2,(H2,10,12)(H,11,13). The normalized spacial score (nSPS) is 21.6. The second-order valence-corrected chi connectivity index (χ2v) is 3.55. The molecule has 1 fully saturated rings. The van der Waals surface area contributed by atoms with Crippen molar-refractivity contribution in [3.8, 4) is 0 Å². The van der Waals surface area contributed by atoms with Crippen LogP contribution in [0, 0.1) is 5.92 Å². The Labute approximate surface area is 88.5 Å². The molecule has 6 heteroatoms. The number of nitrogens with two attached hydrogens (primary N) is 1. The molecule has 6 nitrogen and oxygen atoms in total. The van der Waals surface area contributed by atoms with E-state index in [1.165, 1.54) is 0 Å². The molecule has 0 spiro atoms. The Kier molecular flexibility index (Phi) is 4.89. The first-order valence-electron chi connectivity index (χ1n) is 5.06. The van der Waals surface area contributed by atoms with Crippen LogP contribution in [-0.2, 0) is 9.53 Å². The number of carbonyl (C=O) groups is 1. The summed E-state index contributed by atoms with van der Waals surface area (Å²) in [6, 6.07) is 0. The van der Waals surface area contributed by atoms with E-state index in [4.69, 9.17) is 15.7 Å². The van der Waals surface area contributed by atoms with Crippen LogP contribution in [0.3, 0.4) is 0 Å². The zero-order valence-electron chi connectivity index (χ0n) is 8.61. The Hall–Kier alpha value is -1.30. The van der Waals surface area contributed by atoms with Crippen molar-refractivity contribution in [2.75, 3.05) is 19.8 Å². The molecule has 4 N–H and O–H groups in total. The van der Waals surface area contributed by atoms with E-state index in [2.05, 4.69) is 10.5 Å². The van der Waals surface area contributed by atoms with Gasteiger partial charge in [-0.2, -0.15) is 0 Å². The minimum Gasteiger partial charge on any atom is -0.409 e. The molecule has 1 unspecified atom stereocenters. The first kappa shape index (κ1) is 11.8. The fraction of sp³-hybridized carbons (Fsp3) is 0.778. The van der Waals surface area contributed by atoms with Gasteiger partial charge >= 0.3 is 0 Å². The number of hydrogen-bond acceptors (Lipinski definition) is 4. The minimum atomic E-state index is -0.00569. The smallest absolute Gasteiger partial charge is 0.225 e. The lowest BCUT2D eigenvalue weighted by Gasteiger charge is -2.08. The highest BCUT2D eigenvalue weighted by Crippen LogP contribution is 2.11. The van der Waals surface area contributed by atoms with E-state index >= 15 is 0 Å². The van der Waals surface area contributed by atoms with Crippen molar-refractivity contribution in [3.63, 3.8) is 0 Å². The van der Waals surface area contributed by atoms with Crippen LogP contribution in [0.1, 0.15) is 19.3 Å². The molecule has 1 rings (SSSR count). The Morgan fingerprint density at radius 1 is 1.67 bits per heavy atom. The summed E-state index contributed by atoms with van der Waals surface area (Å²) in [6.07, 6.45) is 1.96. The zero-order chi connectivity index (χ0) is 11.1. The molecule has 1 amide bonds. The lowest BCUT2D eigenvalue weighted by atomic mass is 10.1. The highest BCUT2D eigenvalue weighted by atomic mass is 16.5. The Balaban J connectivity index is 2.06. The highest BCUT2D eigenvalue weighted by molar-refractivity contribution is 5.80. The Morgan fingerprint density at radius 3 is 3.07 bits per heavy atom. The van der Waals surface area contributed by atoms with Gasteiger partial charge in [0.05, 0.1) is 12.5 Å². The number of nitrogens with one attached hydrogen (secondary N) is 1. The summed E-state index contributed by atoms with van der Waals surface area (Å²) in [5, 5.41) is 13.9. The number of ether oxygens (including phenoxy) is 1. The third-order valence-corrected chi connectivity index (χ3v) is 2.34. The van der Waals surface area contributed by atoms with Crippen molar-refractivity contribution in [2.24, 2.45) is 16.8 Å². The molecule has 15 heavy (non-hydrogen) atoms. The van der Waals surface area contributed by atoms with Crippen LogP contribution >= 0.6 is 0 Å². The number of hydrogen-bond donors (Lipinski definition) is 3. The quantitative estimate of drug-likeness (QED) is 0.192. The topological polar surface area (TPSA) is 96.9 Å². The Bertz CT molecular complexity index is 237. The molecule has 0 saturated carbocycles. The van der Waals surface area contributed by atoms with Crippen molar-refractivity contribution < 1.29 is 14.7 Å². The van der Waals surface area contributed by atoms with Crippen LogP contribution in [-0.4, -0.2) is 36.7 Å². The van der Waals surface area contributed by atoms with E-state index in [1.54, 1.807) is 0 Å². The van der Waals surface area contributed by atoms with E-state index in [0.717, 1.165) is 6.42 Å². The number of rotatable bonds is 5. The number of amidine groups is 1. The molecule has 0 aliphatic carbocycles. The van der Waals surface area contributed by atoms with E-state index in [1.807, 2.05) is 0 Å². The summed E-state index contributed by atoms with van der Waals surface area (Å²) in [5.41, 5.74) is 5.28. The molecule has 0 aromatic carbocycles. The second kappa shape index (κ2) is 6.23. The van der Waals surface area contributed by atoms with Crippen LogP contribution in [0.15, 0.2) is 5.16 Å². The summed E-state index contributed by atoms with van der Waals surface area (Å²) in [5.74, 6) is 0.217. The number of nitrogens with zero attached hydrogens (tertiary/aromatic N) is 1. The molecule has 0 bridgehead atoms. The molecule has 86 valence electrons. The third kappa shape index (κ3) is 4.16. The van der Waals surface area contributed by atoms with Gasteiger partial charge in [-0.3, -0.25) is 4.79 Å². The minimum absolute atomic E-state index is 0.00569. The molecular formula is C9H17N3O3. The third-order valence-electron chi connectivity index (χ3n) is 2.34. The van der Waals surface area contributed by atoms with Crippen LogP contribution in [0.2, 0.25) is 0 Å². The van der Waals surface area contributed by atoms with Crippen LogP contribution in [0.25, 0.3) is 0 Å². The monoisotopic (exact) mass is 215 g/mol. The maximum absolute atomic E-state index is 11.5. The van der Waals surface area contributed by atoms with Crippen molar-refractivity contribution in [3.05, 3.63) is 0 Å². The summed E-state index contributed by atoms with van der Waals surface area (Å²) in [6.45, 7) is 1.74. The van der Waals surface area contributed by atoms with Gasteiger partial charge in [-0.1, -0.05) is 5.16 Å². The van der Waals surface area contributed by atoms with Gasteiger partial charge in [-0.05, 0) is 12.8 Å². The summed E-state index contributed by atoms with van der Waals surface area (Å²) in [7, 11) is 0. The predicted octanol–water partition coefficient (Wildman–Crippen LogP) is -0.334. The zero-order valence-corrected chi connectivity index (χ0v) is 8.61. The average molecular weight is 215 g/mol. The van der Waals surface area contributed by atoms with Crippen molar-refractivity contribution in [1.82, 2.24) is 5.32 Å². The summed E-state index contributed by atoms with van der Waals surface area (Å²) < 4.78 is 5.11. The van der Waals surface area contributed by atoms with Gasteiger partial charge in [-0.25, -0.2) is 0 Å². The highest BCUT2D eigenvalue weighted by Gasteiger charge is 2.22.